The summed E-state index contributed by atoms with van der Waals surface area (Å²) in [5.41, 5.74) is 4.67. The third-order valence-corrected chi connectivity index (χ3v) is 7.37. The number of aromatic nitrogens is 4. The molecule has 1 unspecified atom stereocenters. The Balaban J connectivity index is 1.13. The van der Waals surface area contributed by atoms with Crippen LogP contribution in [0.1, 0.15) is 49.3 Å². The first-order valence-corrected chi connectivity index (χ1v) is 12.1. The van der Waals surface area contributed by atoms with E-state index in [1.807, 2.05) is 34.9 Å². The molecule has 0 radical (unpaired) electrons. The number of aliphatic hydroxyl groups excluding tert-OH is 1. The Morgan fingerprint density at radius 3 is 2.58 bits per heavy atom. The zero-order valence-corrected chi connectivity index (χ0v) is 19.3. The van der Waals surface area contributed by atoms with Crippen LogP contribution in [-0.4, -0.2) is 49.4 Å². The number of likely N-dealkylation sites (N-methyl/N-ethyl adjacent to an activating group) is 1. The van der Waals surface area contributed by atoms with Gasteiger partial charge in [0.2, 0.25) is 0 Å². The van der Waals surface area contributed by atoms with Crippen molar-refractivity contribution in [1.29, 1.82) is 0 Å². The third-order valence-electron chi connectivity index (χ3n) is 7.37. The van der Waals surface area contributed by atoms with Gasteiger partial charge in [0.25, 0.3) is 0 Å². The lowest BCUT2D eigenvalue weighted by Crippen LogP contribution is -2.37. The van der Waals surface area contributed by atoms with Gasteiger partial charge in [-0.2, -0.15) is 0 Å². The molecule has 2 N–H and O–H groups in total. The molecule has 6 nitrogen and oxygen atoms in total. The number of rotatable bonds is 8. The molecule has 0 bridgehead atoms. The summed E-state index contributed by atoms with van der Waals surface area (Å²) in [4.78, 5) is 5.79. The van der Waals surface area contributed by atoms with Crippen LogP contribution in [0.3, 0.4) is 0 Å². The summed E-state index contributed by atoms with van der Waals surface area (Å²) in [7, 11) is 2.16. The molecule has 172 valence electrons. The van der Waals surface area contributed by atoms with E-state index in [1.165, 1.54) is 48.6 Å². The number of nitrogens with zero attached hydrogens (tertiary/aromatic N) is 4. The number of aliphatic hydroxyl groups is 1. The molecule has 0 amide bonds. The van der Waals surface area contributed by atoms with Crippen LogP contribution in [0.25, 0.3) is 16.6 Å². The summed E-state index contributed by atoms with van der Waals surface area (Å²) >= 11 is 0. The second kappa shape index (κ2) is 9.89. The van der Waals surface area contributed by atoms with Gasteiger partial charge in [-0.25, -0.2) is 0 Å². The monoisotopic (exact) mass is 443 g/mol. The van der Waals surface area contributed by atoms with Crippen molar-refractivity contribution in [1.82, 2.24) is 24.6 Å². The predicted octanol–water partition coefficient (Wildman–Crippen LogP) is 4.91. The topological polar surface area (TPSA) is 70.0 Å². The highest BCUT2D eigenvalue weighted by molar-refractivity contribution is 5.85. The van der Waals surface area contributed by atoms with E-state index < -0.39 is 6.10 Å². The fraction of sp³-hybridized carbons (Fsp3) is 0.407. The van der Waals surface area contributed by atoms with Crippen LogP contribution in [0.5, 0.6) is 0 Å². The van der Waals surface area contributed by atoms with E-state index in [4.69, 9.17) is 0 Å². The Hall–Kier alpha value is -2.96. The Labute approximate surface area is 195 Å². The van der Waals surface area contributed by atoms with E-state index in [0.717, 1.165) is 23.6 Å². The summed E-state index contributed by atoms with van der Waals surface area (Å²) in [6.45, 7) is 0.698. The highest BCUT2D eigenvalue weighted by Gasteiger charge is 2.25. The number of fused-ring (bicyclic) bond motifs is 1. The van der Waals surface area contributed by atoms with Crippen molar-refractivity contribution < 1.29 is 5.11 Å². The van der Waals surface area contributed by atoms with Crippen LogP contribution in [0.4, 0.5) is 0 Å². The number of H-pyrrole nitrogens is 1. The van der Waals surface area contributed by atoms with Gasteiger partial charge < -0.3 is 15.0 Å². The van der Waals surface area contributed by atoms with Crippen LogP contribution in [-0.2, 0) is 6.42 Å². The quantitative estimate of drug-likeness (QED) is 0.406. The fourth-order valence-corrected chi connectivity index (χ4v) is 5.30. The van der Waals surface area contributed by atoms with Crippen molar-refractivity contribution in [3.05, 3.63) is 78.5 Å². The van der Waals surface area contributed by atoms with E-state index in [9.17, 15) is 5.11 Å². The molecular weight excluding hydrogens is 410 g/mol. The molecular formula is C27H33N5O. The third kappa shape index (κ3) is 5.02. The molecule has 4 aromatic rings. The molecule has 6 heteroatoms. The SMILES string of the molecule is CN(CC(O)c1ccccc1)[C@H]1CC[C@@H](CCc2c[nH]c3ccc(-n4cnnc4)cc23)CC1. The van der Waals surface area contributed by atoms with Crippen molar-refractivity contribution >= 4 is 10.9 Å². The zero-order chi connectivity index (χ0) is 22.6. The van der Waals surface area contributed by atoms with Crippen LogP contribution in [0.2, 0.25) is 0 Å². The smallest absolute Gasteiger partial charge is 0.123 e. The lowest BCUT2D eigenvalue weighted by molar-refractivity contribution is 0.0836. The predicted molar refractivity (Wildman–Crippen MR) is 131 cm³/mol. The van der Waals surface area contributed by atoms with Gasteiger partial charge in [0, 0.05) is 35.4 Å². The van der Waals surface area contributed by atoms with Gasteiger partial charge in [-0.05, 0) is 80.8 Å². The Bertz CT molecular complexity index is 1150. The lowest BCUT2D eigenvalue weighted by Gasteiger charge is -2.35. The summed E-state index contributed by atoms with van der Waals surface area (Å²) < 4.78 is 1.95. The standard InChI is InChI=1S/C27H33N5O/c1-31(17-27(33)21-5-3-2-4-6-21)23-11-8-20(9-12-23)7-10-22-16-28-26-14-13-24(15-25(22)26)32-18-29-30-19-32/h2-6,13-16,18-20,23,27-28,33H,7-12,17H2,1H3/t20-,23+,27?. The molecule has 2 aromatic heterocycles. The molecule has 5 rings (SSSR count). The molecule has 1 aliphatic rings. The first-order valence-electron chi connectivity index (χ1n) is 12.1. The molecule has 0 aliphatic heterocycles. The van der Waals surface area contributed by atoms with E-state index in [1.54, 1.807) is 12.7 Å². The van der Waals surface area contributed by atoms with E-state index in [2.05, 4.69) is 51.5 Å². The number of nitrogens with one attached hydrogen (secondary N) is 1. The summed E-state index contributed by atoms with van der Waals surface area (Å²) in [6.07, 6.45) is 12.5. The number of aryl methyl sites for hydroxylation is 1. The van der Waals surface area contributed by atoms with Crippen molar-refractivity contribution in [3.8, 4) is 5.69 Å². The molecule has 1 atom stereocenters. The van der Waals surface area contributed by atoms with Gasteiger partial charge in [-0.1, -0.05) is 30.3 Å². The van der Waals surface area contributed by atoms with Crippen molar-refractivity contribution in [2.24, 2.45) is 5.92 Å². The number of hydrogen-bond acceptors (Lipinski definition) is 4. The number of benzene rings is 2. The Morgan fingerprint density at radius 1 is 1.06 bits per heavy atom. The van der Waals surface area contributed by atoms with E-state index in [0.29, 0.717) is 12.6 Å². The maximum absolute atomic E-state index is 10.6. The molecule has 2 aromatic carbocycles. The van der Waals surface area contributed by atoms with Gasteiger partial charge in [0.15, 0.2) is 0 Å². The first kappa shape index (κ1) is 21.9. The lowest BCUT2D eigenvalue weighted by atomic mass is 9.82. The largest absolute Gasteiger partial charge is 0.387 e. The minimum Gasteiger partial charge on any atom is -0.387 e. The number of aromatic amines is 1. The molecule has 33 heavy (non-hydrogen) atoms. The highest BCUT2D eigenvalue weighted by atomic mass is 16.3. The van der Waals surface area contributed by atoms with Crippen LogP contribution >= 0.6 is 0 Å². The average molecular weight is 444 g/mol. The maximum atomic E-state index is 10.6. The molecule has 0 spiro atoms. The molecule has 2 heterocycles. The summed E-state index contributed by atoms with van der Waals surface area (Å²) in [5.74, 6) is 0.777. The highest BCUT2D eigenvalue weighted by Crippen LogP contribution is 2.32. The van der Waals surface area contributed by atoms with Gasteiger partial charge in [0.05, 0.1) is 6.10 Å². The van der Waals surface area contributed by atoms with Crippen LogP contribution < -0.4 is 0 Å². The van der Waals surface area contributed by atoms with Gasteiger partial charge in [-0.15, -0.1) is 10.2 Å². The second-order valence-electron chi connectivity index (χ2n) is 9.49. The van der Waals surface area contributed by atoms with Gasteiger partial charge in [-0.3, -0.25) is 4.57 Å². The van der Waals surface area contributed by atoms with Crippen molar-refractivity contribution in [3.63, 3.8) is 0 Å². The molecule has 0 saturated heterocycles. The Morgan fingerprint density at radius 2 is 1.82 bits per heavy atom. The minimum atomic E-state index is -0.418. The average Bonchev–Trinajstić information content (AvgIpc) is 3.53. The van der Waals surface area contributed by atoms with Gasteiger partial charge >= 0.3 is 0 Å². The van der Waals surface area contributed by atoms with E-state index >= 15 is 0 Å². The van der Waals surface area contributed by atoms with Crippen molar-refractivity contribution in [2.45, 2.75) is 50.7 Å². The fourth-order valence-electron chi connectivity index (χ4n) is 5.30. The minimum absolute atomic E-state index is 0.418. The van der Waals surface area contributed by atoms with E-state index in [-0.39, 0.29) is 0 Å². The number of hydrogen-bond donors (Lipinski definition) is 2. The van der Waals surface area contributed by atoms with Crippen LogP contribution in [0.15, 0.2) is 67.4 Å². The zero-order valence-electron chi connectivity index (χ0n) is 19.3. The molecule has 1 fully saturated rings. The first-order chi connectivity index (χ1) is 16.2. The summed E-state index contributed by atoms with van der Waals surface area (Å²) in [6, 6.07) is 17.0. The molecule has 1 saturated carbocycles. The summed E-state index contributed by atoms with van der Waals surface area (Å²) in [5, 5.41) is 19.7. The normalized spacial score (nSPS) is 19.8. The molecule has 1 aliphatic carbocycles. The van der Waals surface area contributed by atoms with Crippen molar-refractivity contribution in [2.75, 3.05) is 13.6 Å². The van der Waals surface area contributed by atoms with Gasteiger partial charge in [0.1, 0.15) is 12.7 Å². The second-order valence-corrected chi connectivity index (χ2v) is 9.49. The maximum Gasteiger partial charge on any atom is 0.123 e. The van der Waals surface area contributed by atoms with Crippen LogP contribution in [0, 0.1) is 5.92 Å². The Kier molecular flexibility index (Phi) is 6.55.